The van der Waals surface area contributed by atoms with E-state index in [-0.39, 0.29) is 18.7 Å². The molecule has 0 aliphatic rings. The van der Waals surface area contributed by atoms with E-state index in [9.17, 15) is 9.90 Å². The van der Waals surface area contributed by atoms with E-state index in [1.54, 1.807) is 11.3 Å². The first-order valence-corrected chi connectivity index (χ1v) is 7.65. The summed E-state index contributed by atoms with van der Waals surface area (Å²) in [6.07, 6.45) is 0.598. The van der Waals surface area contributed by atoms with E-state index in [2.05, 4.69) is 15.6 Å². The number of urea groups is 1. The Kier molecular flexibility index (Phi) is 5.71. The van der Waals surface area contributed by atoms with Crippen molar-refractivity contribution in [3.05, 3.63) is 52.0 Å². The van der Waals surface area contributed by atoms with E-state index in [0.29, 0.717) is 13.0 Å². The number of aliphatic hydroxyl groups is 1. The third-order valence-corrected chi connectivity index (χ3v) is 3.80. The van der Waals surface area contributed by atoms with E-state index in [4.69, 9.17) is 0 Å². The second kappa shape index (κ2) is 7.75. The van der Waals surface area contributed by atoms with Crippen molar-refractivity contribution in [2.45, 2.75) is 25.9 Å². The second-order valence-corrected chi connectivity index (χ2v) is 5.82. The molecule has 1 aromatic heterocycles. The van der Waals surface area contributed by atoms with Gasteiger partial charge in [-0.3, -0.25) is 0 Å². The van der Waals surface area contributed by atoms with Crippen molar-refractivity contribution >= 4 is 17.4 Å². The van der Waals surface area contributed by atoms with Crippen molar-refractivity contribution in [3.8, 4) is 0 Å². The number of carbonyl (C=O) groups excluding carboxylic acids is 1. The van der Waals surface area contributed by atoms with E-state index in [0.717, 1.165) is 16.3 Å². The number of aromatic nitrogens is 1. The number of hydrogen-bond acceptors (Lipinski definition) is 4. The highest BCUT2D eigenvalue weighted by Gasteiger charge is 2.12. The zero-order valence-electron chi connectivity index (χ0n) is 11.9. The Hall–Kier alpha value is -1.92. The Labute approximate surface area is 128 Å². The topological polar surface area (TPSA) is 74.2 Å². The molecule has 2 rings (SSSR count). The second-order valence-electron chi connectivity index (χ2n) is 4.75. The van der Waals surface area contributed by atoms with Gasteiger partial charge in [0.1, 0.15) is 0 Å². The first-order valence-electron chi connectivity index (χ1n) is 6.77. The molecule has 0 saturated carbocycles. The summed E-state index contributed by atoms with van der Waals surface area (Å²) in [5.74, 6) is 0. The van der Waals surface area contributed by atoms with Gasteiger partial charge >= 0.3 is 6.03 Å². The lowest BCUT2D eigenvalue weighted by Gasteiger charge is -2.16. The molecule has 1 unspecified atom stereocenters. The average Bonchev–Trinajstić information content (AvgIpc) is 2.91. The SMILES string of the molecule is Cc1nc(CNC(=O)NC(CO)Cc2ccccc2)cs1. The fourth-order valence-electron chi connectivity index (χ4n) is 1.96. The molecule has 1 aromatic carbocycles. The van der Waals surface area contributed by atoms with Crippen molar-refractivity contribution < 1.29 is 9.90 Å². The number of thiazole rings is 1. The predicted octanol–water partition coefficient (Wildman–Crippen LogP) is 1.85. The minimum atomic E-state index is -0.301. The quantitative estimate of drug-likeness (QED) is 0.762. The average molecular weight is 305 g/mol. The molecule has 5 nitrogen and oxygen atoms in total. The molecule has 1 heterocycles. The van der Waals surface area contributed by atoms with Crippen LogP contribution in [0, 0.1) is 6.92 Å². The number of hydrogen-bond donors (Lipinski definition) is 3. The number of benzene rings is 1. The normalized spacial score (nSPS) is 11.9. The Morgan fingerprint density at radius 2 is 2.14 bits per heavy atom. The summed E-state index contributed by atoms with van der Waals surface area (Å²) in [6.45, 7) is 2.22. The standard InChI is InChI=1S/C15H19N3O2S/c1-11-17-14(10-21-11)8-16-15(20)18-13(9-19)7-12-5-3-2-4-6-12/h2-6,10,13,19H,7-9H2,1H3,(H2,16,18,20). The van der Waals surface area contributed by atoms with Crippen molar-refractivity contribution in [3.63, 3.8) is 0 Å². The smallest absolute Gasteiger partial charge is 0.315 e. The molecule has 6 heteroatoms. The van der Waals surface area contributed by atoms with Crippen LogP contribution in [0.15, 0.2) is 35.7 Å². The lowest BCUT2D eigenvalue weighted by Crippen LogP contribution is -2.44. The van der Waals surface area contributed by atoms with Crippen LogP contribution in [0.25, 0.3) is 0 Å². The number of amides is 2. The van der Waals surface area contributed by atoms with Gasteiger partial charge in [-0.25, -0.2) is 9.78 Å². The van der Waals surface area contributed by atoms with Crippen LogP contribution in [0.3, 0.4) is 0 Å². The Balaban J connectivity index is 1.79. The number of nitrogens with one attached hydrogen (secondary N) is 2. The number of carbonyl (C=O) groups is 1. The van der Waals surface area contributed by atoms with Crippen LogP contribution in [0.2, 0.25) is 0 Å². The molecule has 1 atom stereocenters. The highest BCUT2D eigenvalue weighted by molar-refractivity contribution is 7.09. The predicted molar refractivity (Wildman–Crippen MR) is 83.2 cm³/mol. The minimum absolute atomic E-state index is 0.0991. The van der Waals surface area contributed by atoms with Gasteiger partial charge in [-0.15, -0.1) is 11.3 Å². The Morgan fingerprint density at radius 3 is 2.76 bits per heavy atom. The molecule has 0 radical (unpaired) electrons. The van der Waals surface area contributed by atoms with Crippen LogP contribution in [-0.2, 0) is 13.0 Å². The van der Waals surface area contributed by atoms with Gasteiger partial charge < -0.3 is 15.7 Å². The van der Waals surface area contributed by atoms with Crippen LogP contribution in [-0.4, -0.2) is 28.8 Å². The molecule has 0 saturated heterocycles. The zero-order valence-corrected chi connectivity index (χ0v) is 12.7. The highest BCUT2D eigenvalue weighted by atomic mass is 32.1. The Morgan fingerprint density at radius 1 is 1.38 bits per heavy atom. The van der Waals surface area contributed by atoms with Crippen LogP contribution in [0.1, 0.15) is 16.3 Å². The van der Waals surface area contributed by atoms with Gasteiger partial charge in [-0.2, -0.15) is 0 Å². The molecule has 0 aliphatic carbocycles. The zero-order chi connectivity index (χ0) is 15.1. The lowest BCUT2D eigenvalue weighted by atomic mass is 10.1. The number of aliphatic hydroxyl groups excluding tert-OH is 1. The minimum Gasteiger partial charge on any atom is -0.394 e. The molecular formula is C15H19N3O2S. The molecule has 2 amide bonds. The van der Waals surface area contributed by atoms with Gasteiger partial charge in [0.05, 0.1) is 29.9 Å². The van der Waals surface area contributed by atoms with E-state index in [1.165, 1.54) is 0 Å². The van der Waals surface area contributed by atoms with Crippen LogP contribution < -0.4 is 10.6 Å². The van der Waals surface area contributed by atoms with Gasteiger partial charge in [0.2, 0.25) is 0 Å². The van der Waals surface area contributed by atoms with Crippen LogP contribution in [0.4, 0.5) is 4.79 Å². The van der Waals surface area contributed by atoms with Crippen molar-refractivity contribution in [1.29, 1.82) is 0 Å². The first kappa shape index (κ1) is 15.5. The third-order valence-electron chi connectivity index (χ3n) is 2.98. The number of aryl methyl sites for hydroxylation is 1. The van der Waals surface area contributed by atoms with Crippen molar-refractivity contribution in [2.75, 3.05) is 6.61 Å². The van der Waals surface area contributed by atoms with E-state index < -0.39 is 0 Å². The van der Waals surface area contributed by atoms with Crippen LogP contribution in [0.5, 0.6) is 0 Å². The summed E-state index contributed by atoms with van der Waals surface area (Å²) in [4.78, 5) is 16.1. The van der Waals surface area contributed by atoms with E-state index >= 15 is 0 Å². The van der Waals surface area contributed by atoms with Gasteiger partial charge in [0, 0.05) is 5.38 Å². The highest BCUT2D eigenvalue weighted by Crippen LogP contribution is 2.07. The van der Waals surface area contributed by atoms with Gasteiger partial charge in [-0.1, -0.05) is 30.3 Å². The summed E-state index contributed by atoms with van der Waals surface area (Å²) in [6, 6.07) is 9.16. The van der Waals surface area contributed by atoms with Crippen molar-refractivity contribution in [1.82, 2.24) is 15.6 Å². The maximum Gasteiger partial charge on any atom is 0.315 e. The molecule has 0 fully saturated rings. The van der Waals surface area contributed by atoms with Gasteiger partial charge in [0.25, 0.3) is 0 Å². The number of rotatable bonds is 6. The van der Waals surface area contributed by atoms with E-state index in [1.807, 2.05) is 42.6 Å². The summed E-state index contributed by atoms with van der Waals surface area (Å²) < 4.78 is 0. The molecular weight excluding hydrogens is 286 g/mol. The lowest BCUT2D eigenvalue weighted by molar-refractivity contribution is 0.215. The monoisotopic (exact) mass is 305 g/mol. The fraction of sp³-hybridized carbons (Fsp3) is 0.333. The maximum atomic E-state index is 11.8. The van der Waals surface area contributed by atoms with Gasteiger partial charge in [-0.05, 0) is 18.9 Å². The largest absolute Gasteiger partial charge is 0.394 e. The molecule has 112 valence electrons. The summed E-state index contributed by atoms with van der Waals surface area (Å²) in [5, 5.41) is 17.8. The first-order chi connectivity index (χ1) is 10.2. The molecule has 3 N–H and O–H groups in total. The third kappa shape index (κ3) is 5.17. The molecule has 0 aliphatic heterocycles. The maximum absolute atomic E-state index is 11.8. The number of nitrogens with zero attached hydrogens (tertiary/aromatic N) is 1. The summed E-state index contributed by atoms with van der Waals surface area (Å²) in [5.41, 5.74) is 1.92. The molecule has 2 aromatic rings. The molecule has 0 bridgehead atoms. The van der Waals surface area contributed by atoms with Gasteiger partial charge in [0.15, 0.2) is 0 Å². The fourth-order valence-corrected chi connectivity index (χ4v) is 2.57. The van der Waals surface area contributed by atoms with Crippen molar-refractivity contribution in [2.24, 2.45) is 0 Å². The Bertz CT molecular complexity index is 571. The summed E-state index contributed by atoms with van der Waals surface area (Å²) in [7, 11) is 0. The molecule has 21 heavy (non-hydrogen) atoms. The molecule has 0 spiro atoms. The summed E-state index contributed by atoms with van der Waals surface area (Å²) >= 11 is 1.55. The van der Waals surface area contributed by atoms with Crippen LogP contribution >= 0.6 is 11.3 Å².